The number of nitrogens with zero attached hydrogens (tertiary/aromatic N) is 2. The zero-order chi connectivity index (χ0) is 18.3. The predicted molar refractivity (Wildman–Crippen MR) is 113 cm³/mol. The van der Waals surface area contributed by atoms with Crippen LogP contribution in [0.1, 0.15) is 43.2 Å². The van der Waals surface area contributed by atoms with E-state index in [0.717, 1.165) is 17.8 Å². The normalized spacial score (nSPS) is 17.4. The second-order valence-electron chi connectivity index (χ2n) is 7.82. The molecule has 0 saturated heterocycles. The van der Waals surface area contributed by atoms with Gasteiger partial charge in [0.25, 0.3) is 0 Å². The van der Waals surface area contributed by atoms with Crippen molar-refractivity contribution < 1.29 is 0 Å². The van der Waals surface area contributed by atoms with Gasteiger partial charge in [-0.2, -0.15) is 0 Å². The quantitative estimate of drug-likeness (QED) is 0.390. The second kappa shape index (κ2) is 6.79. The molecule has 1 spiro atoms. The van der Waals surface area contributed by atoms with Crippen LogP contribution in [0.4, 0.5) is 0 Å². The van der Waals surface area contributed by atoms with E-state index in [1.165, 1.54) is 59.5 Å². The van der Waals surface area contributed by atoms with Gasteiger partial charge in [-0.1, -0.05) is 73.9 Å². The van der Waals surface area contributed by atoms with Crippen molar-refractivity contribution in [3.8, 4) is 22.6 Å². The number of benzene rings is 2. The summed E-state index contributed by atoms with van der Waals surface area (Å²) in [5.41, 5.74) is 6.67. The minimum Gasteiger partial charge on any atom is -0.228 e. The fourth-order valence-electron chi connectivity index (χ4n) is 4.99. The molecule has 0 bridgehead atoms. The first-order valence-electron chi connectivity index (χ1n) is 9.91. The van der Waals surface area contributed by atoms with E-state index >= 15 is 0 Å². The van der Waals surface area contributed by atoms with Crippen molar-refractivity contribution in [1.29, 1.82) is 0 Å². The molecule has 0 N–H and O–H groups in total. The Bertz CT molecular complexity index is 975. The van der Waals surface area contributed by atoms with Crippen LogP contribution in [-0.4, -0.2) is 16.2 Å². The molecule has 2 nitrogen and oxygen atoms in total. The van der Waals surface area contributed by atoms with Crippen LogP contribution >= 0.6 is 11.8 Å². The monoisotopic (exact) mass is 372 g/mol. The Morgan fingerprint density at radius 1 is 0.852 bits per heavy atom. The average molecular weight is 373 g/mol. The lowest BCUT2D eigenvalue weighted by Crippen LogP contribution is -2.36. The van der Waals surface area contributed by atoms with Crippen molar-refractivity contribution in [2.24, 2.45) is 0 Å². The Labute approximate surface area is 165 Å². The van der Waals surface area contributed by atoms with Crippen LogP contribution in [-0.2, 0) is 11.8 Å². The van der Waals surface area contributed by atoms with Gasteiger partial charge in [0.15, 0.2) is 5.82 Å². The smallest absolute Gasteiger partial charge is 0.161 e. The molecule has 136 valence electrons. The second-order valence-corrected chi connectivity index (χ2v) is 8.62. The standard InChI is InChI=1S/C24H24N2S/c1-27-23-20-21(25-22(26-23)17-10-4-2-5-11-17)19-13-7-6-12-18(19)16-24(20)14-8-3-9-15-24/h2,4-7,10-13H,3,8-9,14-16H2,1H3. The maximum atomic E-state index is 5.16. The highest BCUT2D eigenvalue weighted by Crippen LogP contribution is 2.52. The summed E-state index contributed by atoms with van der Waals surface area (Å²) in [6.45, 7) is 0. The molecule has 3 aromatic rings. The molecule has 5 rings (SSSR count). The Hall–Kier alpha value is -2.13. The zero-order valence-corrected chi connectivity index (χ0v) is 16.6. The summed E-state index contributed by atoms with van der Waals surface area (Å²) in [4.78, 5) is 10.2. The van der Waals surface area contributed by atoms with E-state index < -0.39 is 0 Å². The van der Waals surface area contributed by atoms with Crippen LogP contribution in [0.15, 0.2) is 59.6 Å². The first-order chi connectivity index (χ1) is 13.3. The number of hydrogen-bond donors (Lipinski definition) is 0. The van der Waals surface area contributed by atoms with Crippen molar-refractivity contribution in [3.63, 3.8) is 0 Å². The summed E-state index contributed by atoms with van der Waals surface area (Å²) < 4.78 is 0. The van der Waals surface area contributed by atoms with E-state index in [1.807, 2.05) is 6.07 Å². The van der Waals surface area contributed by atoms with Gasteiger partial charge in [0.05, 0.1) is 5.69 Å². The van der Waals surface area contributed by atoms with Crippen LogP contribution in [0.2, 0.25) is 0 Å². The molecule has 1 fully saturated rings. The van der Waals surface area contributed by atoms with Crippen LogP contribution in [0.3, 0.4) is 0 Å². The van der Waals surface area contributed by atoms with Gasteiger partial charge in [-0.3, -0.25) is 0 Å². The van der Waals surface area contributed by atoms with Gasteiger partial charge in [-0.25, -0.2) is 9.97 Å². The molecular formula is C24H24N2S. The highest BCUT2D eigenvalue weighted by atomic mass is 32.2. The van der Waals surface area contributed by atoms with Gasteiger partial charge in [0.1, 0.15) is 5.03 Å². The van der Waals surface area contributed by atoms with Crippen LogP contribution < -0.4 is 0 Å². The minimum absolute atomic E-state index is 0.218. The topological polar surface area (TPSA) is 25.8 Å². The molecule has 1 aromatic heterocycles. The van der Waals surface area contributed by atoms with Crippen molar-refractivity contribution in [2.75, 3.05) is 6.26 Å². The molecule has 2 aromatic carbocycles. The van der Waals surface area contributed by atoms with Gasteiger partial charge in [0.2, 0.25) is 0 Å². The Balaban J connectivity index is 1.79. The summed E-state index contributed by atoms with van der Waals surface area (Å²) >= 11 is 1.78. The van der Waals surface area contributed by atoms with E-state index in [1.54, 1.807) is 11.8 Å². The molecule has 2 aliphatic rings. The molecule has 0 unspecified atom stereocenters. The minimum atomic E-state index is 0.218. The number of aromatic nitrogens is 2. The molecular weight excluding hydrogens is 348 g/mol. The van der Waals surface area contributed by atoms with Gasteiger partial charge < -0.3 is 0 Å². The highest BCUT2D eigenvalue weighted by molar-refractivity contribution is 7.98. The first-order valence-corrected chi connectivity index (χ1v) is 11.1. The molecule has 1 saturated carbocycles. The molecule has 27 heavy (non-hydrogen) atoms. The lowest BCUT2D eigenvalue weighted by molar-refractivity contribution is 0.282. The van der Waals surface area contributed by atoms with Crippen molar-refractivity contribution in [3.05, 3.63) is 65.7 Å². The fourth-order valence-corrected chi connectivity index (χ4v) is 5.69. The number of rotatable bonds is 2. The molecule has 0 amide bonds. The summed E-state index contributed by atoms with van der Waals surface area (Å²) in [5.74, 6) is 0.848. The summed E-state index contributed by atoms with van der Waals surface area (Å²) in [6, 6.07) is 19.3. The van der Waals surface area contributed by atoms with Gasteiger partial charge in [-0.05, 0) is 31.1 Å². The molecule has 0 radical (unpaired) electrons. The molecule has 0 atom stereocenters. The summed E-state index contributed by atoms with van der Waals surface area (Å²) in [5, 5.41) is 1.18. The number of thioether (sulfide) groups is 1. The number of hydrogen-bond acceptors (Lipinski definition) is 3. The average Bonchev–Trinajstić information content (AvgIpc) is 2.74. The summed E-state index contributed by atoms with van der Waals surface area (Å²) in [7, 11) is 0. The van der Waals surface area contributed by atoms with Crippen molar-refractivity contribution in [1.82, 2.24) is 9.97 Å². The van der Waals surface area contributed by atoms with E-state index in [9.17, 15) is 0 Å². The largest absolute Gasteiger partial charge is 0.228 e. The first kappa shape index (κ1) is 17.0. The van der Waals surface area contributed by atoms with Crippen LogP contribution in [0.5, 0.6) is 0 Å². The van der Waals surface area contributed by atoms with E-state index in [2.05, 4.69) is 54.8 Å². The molecule has 0 aliphatic heterocycles. The molecule has 1 heterocycles. The third kappa shape index (κ3) is 2.80. The third-order valence-corrected chi connectivity index (χ3v) is 6.93. The zero-order valence-electron chi connectivity index (χ0n) is 15.7. The van der Waals surface area contributed by atoms with Gasteiger partial charge in [-0.15, -0.1) is 11.8 Å². The predicted octanol–water partition coefficient (Wildman–Crippen LogP) is 6.29. The van der Waals surface area contributed by atoms with E-state index in [-0.39, 0.29) is 5.41 Å². The fraction of sp³-hybridized carbons (Fsp3) is 0.333. The highest BCUT2D eigenvalue weighted by Gasteiger charge is 2.42. The Morgan fingerprint density at radius 3 is 2.37 bits per heavy atom. The van der Waals surface area contributed by atoms with E-state index in [0.29, 0.717) is 0 Å². The van der Waals surface area contributed by atoms with E-state index in [4.69, 9.17) is 9.97 Å². The third-order valence-electron chi connectivity index (χ3n) is 6.24. The SMILES string of the molecule is CSc1nc(-c2ccccc2)nc2c1C1(CCCCC1)Cc1ccccc1-2. The Kier molecular flexibility index (Phi) is 4.28. The summed E-state index contributed by atoms with van der Waals surface area (Å²) in [6.07, 6.45) is 9.81. The van der Waals surface area contributed by atoms with Crippen LogP contribution in [0.25, 0.3) is 22.6 Å². The van der Waals surface area contributed by atoms with Gasteiger partial charge >= 0.3 is 0 Å². The lowest BCUT2D eigenvalue weighted by atomic mass is 9.62. The maximum absolute atomic E-state index is 5.16. The lowest BCUT2D eigenvalue weighted by Gasteiger charge is -2.43. The van der Waals surface area contributed by atoms with Crippen LogP contribution in [0, 0.1) is 0 Å². The van der Waals surface area contributed by atoms with Crippen molar-refractivity contribution in [2.45, 2.75) is 49.0 Å². The van der Waals surface area contributed by atoms with Gasteiger partial charge in [0, 0.05) is 22.1 Å². The molecule has 3 heteroatoms. The maximum Gasteiger partial charge on any atom is 0.161 e. The molecule has 2 aliphatic carbocycles. The van der Waals surface area contributed by atoms with Crippen molar-refractivity contribution >= 4 is 11.8 Å². The Morgan fingerprint density at radius 2 is 1.59 bits per heavy atom. The number of fused-ring (bicyclic) bond motifs is 4.